The third kappa shape index (κ3) is 2.22. The van der Waals surface area contributed by atoms with Gasteiger partial charge in [0.2, 0.25) is 0 Å². The molecule has 0 bridgehead atoms. The largest absolute Gasteiger partial charge is 0.235 e. The van der Waals surface area contributed by atoms with Gasteiger partial charge in [-0.25, -0.2) is 4.98 Å². The first kappa shape index (κ1) is 13.2. The average molecular weight is 301 g/mol. The van der Waals surface area contributed by atoms with E-state index in [9.17, 15) is 0 Å². The highest BCUT2D eigenvalue weighted by Crippen LogP contribution is 2.34. The predicted octanol–water partition coefficient (Wildman–Crippen LogP) is 5.85. The molecule has 3 aromatic carbocycles. The van der Waals surface area contributed by atoms with Gasteiger partial charge in [-0.1, -0.05) is 60.7 Å². The summed E-state index contributed by atoms with van der Waals surface area (Å²) in [5.74, 6) is 0. The molecule has 0 spiro atoms. The first-order valence-electron chi connectivity index (χ1n) is 7.33. The minimum Gasteiger partial charge on any atom is -0.235 e. The Morgan fingerprint density at radius 2 is 1.77 bits per heavy atom. The van der Waals surface area contributed by atoms with E-state index in [0.717, 1.165) is 16.9 Å². The average Bonchev–Trinajstić information content (AvgIpc) is 3.00. The van der Waals surface area contributed by atoms with Crippen LogP contribution in [0.15, 0.2) is 73.3 Å². The standard InChI is InChI=1S/C20H15NS/c1-2-5-14-8-10-16(11-9-14)20-21-19-17-7-4-3-6-15(17)12-13-18(19)22-20/h2-4,6-13H,1,5H2. The monoisotopic (exact) mass is 301 g/mol. The van der Waals surface area contributed by atoms with E-state index < -0.39 is 0 Å². The van der Waals surface area contributed by atoms with Crippen LogP contribution in [-0.2, 0) is 6.42 Å². The first-order chi connectivity index (χ1) is 10.8. The smallest absolute Gasteiger partial charge is 0.124 e. The molecule has 4 rings (SSSR count). The lowest BCUT2D eigenvalue weighted by atomic mass is 10.1. The normalized spacial score (nSPS) is 11.1. The highest BCUT2D eigenvalue weighted by Gasteiger charge is 2.09. The van der Waals surface area contributed by atoms with Crippen LogP contribution in [-0.4, -0.2) is 4.98 Å². The molecule has 0 amide bonds. The van der Waals surface area contributed by atoms with Crippen LogP contribution in [0.1, 0.15) is 5.56 Å². The van der Waals surface area contributed by atoms with Crippen molar-refractivity contribution in [1.82, 2.24) is 4.98 Å². The summed E-state index contributed by atoms with van der Waals surface area (Å²) in [5.41, 5.74) is 3.57. The molecule has 0 radical (unpaired) electrons. The molecule has 1 heterocycles. The summed E-state index contributed by atoms with van der Waals surface area (Å²) in [7, 11) is 0. The third-order valence-corrected chi connectivity index (χ3v) is 4.93. The molecule has 0 aliphatic rings. The number of fused-ring (bicyclic) bond motifs is 3. The maximum absolute atomic E-state index is 4.89. The van der Waals surface area contributed by atoms with Crippen molar-refractivity contribution in [2.75, 3.05) is 0 Å². The van der Waals surface area contributed by atoms with Crippen LogP contribution in [0.25, 0.3) is 31.6 Å². The molecular weight excluding hydrogens is 286 g/mol. The molecule has 1 aromatic heterocycles. The number of hydrogen-bond acceptors (Lipinski definition) is 2. The summed E-state index contributed by atoms with van der Waals surface area (Å²) in [6.07, 6.45) is 2.84. The van der Waals surface area contributed by atoms with Gasteiger partial charge in [-0.15, -0.1) is 17.9 Å². The van der Waals surface area contributed by atoms with Crippen molar-refractivity contribution < 1.29 is 0 Å². The fourth-order valence-corrected chi connectivity index (χ4v) is 3.72. The number of hydrogen-bond donors (Lipinski definition) is 0. The fraction of sp³-hybridized carbons (Fsp3) is 0.0500. The summed E-state index contributed by atoms with van der Waals surface area (Å²) in [5, 5.41) is 3.55. The van der Waals surface area contributed by atoms with Crippen molar-refractivity contribution in [3.8, 4) is 10.6 Å². The second-order valence-corrected chi connectivity index (χ2v) is 6.37. The van der Waals surface area contributed by atoms with Gasteiger partial charge in [-0.05, 0) is 23.4 Å². The summed E-state index contributed by atoms with van der Waals surface area (Å²) < 4.78 is 1.24. The van der Waals surface area contributed by atoms with E-state index in [1.807, 2.05) is 6.08 Å². The minimum absolute atomic E-state index is 0.908. The van der Waals surface area contributed by atoms with Gasteiger partial charge in [0.1, 0.15) is 5.01 Å². The zero-order valence-corrected chi connectivity index (χ0v) is 12.9. The number of allylic oxidation sites excluding steroid dienone is 1. The van der Waals surface area contributed by atoms with Crippen LogP contribution in [0, 0.1) is 0 Å². The maximum atomic E-state index is 4.89. The Morgan fingerprint density at radius 1 is 0.955 bits per heavy atom. The van der Waals surface area contributed by atoms with E-state index in [0.29, 0.717) is 0 Å². The molecular formula is C20H15NS. The molecule has 0 fully saturated rings. The molecule has 0 N–H and O–H groups in total. The highest BCUT2D eigenvalue weighted by molar-refractivity contribution is 7.21. The first-order valence-corrected chi connectivity index (χ1v) is 8.15. The zero-order chi connectivity index (χ0) is 14.9. The van der Waals surface area contributed by atoms with E-state index in [2.05, 4.69) is 67.2 Å². The molecule has 2 heteroatoms. The Morgan fingerprint density at radius 3 is 2.59 bits per heavy atom. The van der Waals surface area contributed by atoms with Crippen molar-refractivity contribution in [1.29, 1.82) is 0 Å². The van der Waals surface area contributed by atoms with Crippen molar-refractivity contribution in [3.63, 3.8) is 0 Å². The molecule has 0 aliphatic heterocycles. The van der Waals surface area contributed by atoms with Gasteiger partial charge in [0.25, 0.3) is 0 Å². The van der Waals surface area contributed by atoms with Crippen molar-refractivity contribution >= 4 is 32.3 Å². The van der Waals surface area contributed by atoms with E-state index in [-0.39, 0.29) is 0 Å². The van der Waals surface area contributed by atoms with Crippen LogP contribution in [0.4, 0.5) is 0 Å². The van der Waals surface area contributed by atoms with Gasteiger partial charge in [0.05, 0.1) is 10.2 Å². The second kappa shape index (κ2) is 5.39. The van der Waals surface area contributed by atoms with Crippen LogP contribution in [0.3, 0.4) is 0 Å². The van der Waals surface area contributed by atoms with E-state index in [1.165, 1.54) is 26.6 Å². The number of aromatic nitrogens is 1. The maximum Gasteiger partial charge on any atom is 0.124 e. The number of thiazole rings is 1. The Bertz CT molecular complexity index is 964. The van der Waals surface area contributed by atoms with Crippen molar-refractivity contribution in [2.45, 2.75) is 6.42 Å². The van der Waals surface area contributed by atoms with Crippen molar-refractivity contribution in [3.05, 3.63) is 78.9 Å². The summed E-state index contributed by atoms with van der Waals surface area (Å²) in [6.45, 7) is 3.78. The Kier molecular flexibility index (Phi) is 3.24. The second-order valence-electron chi connectivity index (χ2n) is 5.34. The molecule has 106 valence electrons. The van der Waals surface area contributed by atoms with E-state index >= 15 is 0 Å². The van der Waals surface area contributed by atoms with Gasteiger partial charge in [0, 0.05) is 10.9 Å². The SMILES string of the molecule is C=CCc1ccc(-c2nc3c(ccc4ccccc43)s2)cc1. The molecule has 0 unspecified atom stereocenters. The quantitative estimate of drug-likeness (QED) is 0.433. The van der Waals surface area contributed by atoms with Crippen molar-refractivity contribution in [2.24, 2.45) is 0 Å². The van der Waals surface area contributed by atoms with E-state index in [4.69, 9.17) is 4.98 Å². The van der Waals surface area contributed by atoms with Gasteiger partial charge in [-0.3, -0.25) is 0 Å². The van der Waals surface area contributed by atoms with E-state index in [1.54, 1.807) is 11.3 Å². The minimum atomic E-state index is 0.908. The number of rotatable bonds is 3. The number of nitrogens with zero attached hydrogens (tertiary/aromatic N) is 1. The molecule has 4 aromatic rings. The predicted molar refractivity (Wildman–Crippen MR) is 96.5 cm³/mol. The van der Waals surface area contributed by atoms with Crippen LogP contribution in [0.5, 0.6) is 0 Å². The summed E-state index contributed by atoms with van der Waals surface area (Å²) in [6, 6.07) is 21.4. The highest BCUT2D eigenvalue weighted by atomic mass is 32.1. The van der Waals surface area contributed by atoms with Gasteiger partial charge in [-0.2, -0.15) is 0 Å². The van der Waals surface area contributed by atoms with Gasteiger partial charge < -0.3 is 0 Å². The molecule has 0 atom stereocenters. The lowest BCUT2D eigenvalue weighted by molar-refractivity contribution is 1.28. The van der Waals surface area contributed by atoms with Gasteiger partial charge >= 0.3 is 0 Å². The van der Waals surface area contributed by atoms with Gasteiger partial charge in [0.15, 0.2) is 0 Å². The van der Waals surface area contributed by atoms with Crippen LogP contribution in [0.2, 0.25) is 0 Å². The molecule has 0 saturated carbocycles. The molecule has 22 heavy (non-hydrogen) atoms. The third-order valence-electron chi connectivity index (χ3n) is 3.86. The fourth-order valence-electron chi connectivity index (χ4n) is 2.73. The Hall–Kier alpha value is -2.45. The lowest BCUT2D eigenvalue weighted by Gasteiger charge is -1.99. The summed E-state index contributed by atoms with van der Waals surface area (Å²) in [4.78, 5) is 4.89. The van der Waals surface area contributed by atoms with Crippen LogP contribution >= 0.6 is 11.3 Å². The zero-order valence-electron chi connectivity index (χ0n) is 12.1. The Balaban J connectivity index is 1.85. The number of benzene rings is 3. The summed E-state index contributed by atoms with van der Waals surface area (Å²) >= 11 is 1.75. The topological polar surface area (TPSA) is 12.9 Å². The molecule has 0 saturated heterocycles. The lowest BCUT2D eigenvalue weighted by Crippen LogP contribution is -1.81. The molecule has 1 nitrogen and oxygen atoms in total. The Labute approximate surface area is 133 Å². The molecule has 0 aliphatic carbocycles. The van der Waals surface area contributed by atoms with Crippen LogP contribution < -0.4 is 0 Å².